The fourth-order valence-corrected chi connectivity index (χ4v) is 0. The molecule has 0 amide bonds. The summed E-state index contributed by atoms with van der Waals surface area (Å²) in [6.07, 6.45) is 0. The predicted octanol–water partition coefficient (Wildman–Crippen LogP) is -6.65. The van der Waals surface area contributed by atoms with Crippen molar-refractivity contribution in [1.82, 2.24) is 0 Å². The summed E-state index contributed by atoms with van der Waals surface area (Å²) in [7, 11) is 0. The van der Waals surface area contributed by atoms with Gasteiger partial charge in [0.25, 0.3) is 0 Å². The molecule has 0 aromatic heterocycles. The summed E-state index contributed by atoms with van der Waals surface area (Å²) in [6, 6.07) is 0. The molecule has 6 N–H and O–H groups in total. The molecule has 0 aromatic rings. The van der Waals surface area contributed by atoms with Crippen LogP contribution in [0.2, 0.25) is 0 Å². The Labute approximate surface area is 544 Å². The number of aliphatic carboxylic acids is 2. The molecule has 0 radical (unpaired) electrons. The zero-order chi connectivity index (χ0) is 8.57. The summed E-state index contributed by atoms with van der Waals surface area (Å²) in [5.41, 5.74) is 9.14. The third-order valence-corrected chi connectivity index (χ3v) is 0.349. The maximum atomic E-state index is 9.24. The van der Waals surface area contributed by atoms with Gasteiger partial charge < -0.3 is 241 Å². The van der Waals surface area contributed by atoms with Crippen molar-refractivity contribution in [3.05, 3.63) is 0 Å². The van der Waals surface area contributed by atoms with Crippen molar-refractivity contribution in [3.63, 3.8) is 0 Å². The second-order valence-electron chi connectivity index (χ2n) is 1.20. The van der Waals surface area contributed by atoms with E-state index < -0.39 is 11.9 Å². The minimum atomic E-state index is -0.968. The summed E-state index contributed by atoms with van der Waals surface area (Å²) >= 11 is 0. The standard InChI is InChI=1S/2C2H5NO2.Ge.40O.12W/c2*3-1-2(4)5;;;;;;;;;;;;;;;;;;;;;;;;;;;;;;;;;;;;;;;;;;;;;;;;;;;;;/h2*1,3H2,(H,4,5);;;;;;;;;;;;;;;;;;;;;;;;;;;;;;;;;;;;;;;;;;;;;;;;;;;;;/q;;+4;40*-2;;;;;;;;;;;;/p+4. The molecule has 59 heteroatoms. The van der Waals surface area contributed by atoms with Gasteiger partial charge in [-0.15, -0.1) is 0 Å². The first kappa shape index (κ1) is 1620. The van der Waals surface area contributed by atoms with Crippen molar-refractivity contribution in [2.75, 3.05) is 13.1 Å². The molecule has 0 rings (SSSR count). The van der Waals surface area contributed by atoms with E-state index in [4.69, 9.17) is 10.2 Å². The van der Waals surface area contributed by atoms with Crippen molar-refractivity contribution in [1.29, 1.82) is 0 Å². The van der Waals surface area contributed by atoms with Crippen LogP contribution >= 0.6 is 0 Å². The predicted molar refractivity (Wildman–Crippen MR) is 71.0 cm³/mol. The zero-order valence-corrected chi connectivity index (χ0v) is 64.3. The van der Waals surface area contributed by atoms with E-state index >= 15 is 0 Å². The number of hydrogen-bond donors (Lipinski definition) is 4. The van der Waals surface area contributed by atoms with Crippen LogP contribution in [0, 0.1) is 0 Å². The number of rotatable bonds is 2. The van der Waals surface area contributed by atoms with Crippen LogP contribution in [0.5, 0.6) is 0 Å². The van der Waals surface area contributed by atoms with Gasteiger partial charge >= 0.3 is 35.2 Å². The van der Waals surface area contributed by atoms with Crippen molar-refractivity contribution in [2.45, 2.75) is 0 Å². The Kier molecular flexibility index (Phi) is 39700. The molecule has 0 bridgehead atoms. The van der Waals surface area contributed by atoms with E-state index in [9.17, 15) is 9.59 Å². The van der Waals surface area contributed by atoms with E-state index in [1.54, 1.807) is 0 Å². The maximum Gasteiger partial charge on any atom is 4.00 e. The Morgan fingerprint density at radius 2 is 0.238 bits per heavy atom. The smallest absolute Gasteiger partial charge is 2.00 e. The van der Waals surface area contributed by atoms with Crippen LogP contribution in [-0.2, 0) is 481 Å². The minimum Gasteiger partial charge on any atom is -2.00 e. The van der Waals surface area contributed by atoms with Crippen molar-refractivity contribution >= 4 is 29.5 Å². The molecule has 0 saturated heterocycles. The number of nitrogens with two attached hydrogens (primary N) is 2. The topological polar surface area (TPSA) is 1270 Å². The van der Waals surface area contributed by atoms with Crippen molar-refractivity contribution in [3.8, 4) is 0 Å². The van der Waals surface area contributed by atoms with Crippen LogP contribution in [-0.4, -0.2) is 52.8 Å². The monoisotopic (exact) mass is 3080 g/mol. The Morgan fingerprint density at radius 1 is 0.222 bits per heavy atom. The fourth-order valence-electron chi connectivity index (χ4n) is 0. The minimum absolute atomic E-state index is 0. The molecular formula is C4H14GeN2O44W12-72. The van der Waals surface area contributed by atoms with Gasteiger partial charge in [-0.2, -0.15) is 0 Å². The second-order valence-corrected chi connectivity index (χ2v) is 1.20. The molecule has 0 aliphatic heterocycles. The van der Waals surface area contributed by atoms with Crippen LogP contribution in [0.3, 0.4) is 0 Å². The molecular weight excluding hydrogens is 3060 g/mol. The largest absolute Gasteiger partial charge is 4.00 e. The summed E-state index contributed by atoms with van der Waals surface area (Å²) < 4.78 is 0. The molecule has 0 fully saturated rings. The summed E-state index contributed by atoms with van der Waals surface area (Å²) in [5.74, 6) is -1.94. The molecule has 0 spiro atoms. The molecule has 46 nitrogen and oxygen atoms in total. The van der Waals surface area contributed by atoms with Gasteiger partial charge in [0, 0.05) is 253 Å². The first-order chi connectivity index (χ1) is 4.54. The van der Waals surface area contributed by atoms with E-state index in [0.29, 0.717) is 0 Å². The Hall–Kier alpha value is 6.06. The van der Waals surface area contributed by atoms with Crippen LogP contribution in [0.25, 0.3) is 0 Å². The first-order valence-corrected chi connectivity index (χ1v) is 2.38. The van der Waals surface area contributed by atoms with E-state index in [2.05, 4.69) is 11.5 Å². The second kappa shape index (κ2) is 1550. The fraction of sp³-hybridized carbons (Fsp3) is 0.500. The number of hydrogen-bond acceptors (Lipinski definition) is 4. The third kappa shape index (κ3) is 2930. The molecule has 0 atom stereocenters. The van der Waals surface area contributed by atoms with Gasteiger partial charge in [-0.05, 0) is 0 Å². The van der Waals surface area contributed by atoms with Crippen LogP contribution in [0.1, 0.15) is 5.71 Å². The van der Waals surface area contributed by atoms with Gasteiger partial charge in [0.1, 0.15) is 0 Å². The Bertz CT molecular complexity index is 190. The molecule has 63 heavy (non-hydrogen) atoms. The average molecular weight is 3070 g/mol. The number of carboxylic acid groups (broad SMARTS) is 2. The van der Waals surface area contributed by atoms with E-state index in [1.807, 2.05) is 0 Å². The SMILES string of the molecule is NCC(=O)O.NCC(=O)O.[Ge+4].[H+].[H+].[H+].[H+].[O-2].[O-2].[O-2].[O-2].[O-2].[O-2].[O-2].[O-2].[O-2].[O-2].[O-2].[O-2].[O-2].[O-2].[O-2].[O-2].[O-2].[O-2].[O-2].[O-2].[O-2].[O-2].[O-2].[O-2].[O-2].[O-2].[O-2].[O-2].[O-2].[O-2].[O-2].[O-2].[O-2].[O-2].[O-2].[O-2].[O-2].[O-2].[O-2].[O-2].[W].[W].[W].[W].[W].[W].[W].[W].[W].[W].[W].[W]. The van der Waals surface area contributed by atoms with E-state index in [1.165, 1.54) is 0 Å². The average Bonchev–Trinajstić information content (AvgIpc) is 1.89. The maximum absolute atomic E-state index is 9.24. The van der Waals surface area contributed by atoms with Gasteiger partial charge in [-0.1, -0.05) is 0 Å². The first-order valence-electron chi connectivity index (χ1n) is 2.38. The van der Waals surface area contributed by atoms with Crippen molar-refractivity contribution in [2.24, 2.45) is 11.5 Å². The van der Waals surface area contributed by atoms with E-state index in [0.717, 1.165) is 0 Å². The van der Waals surface area contributed by atoms with Crippen LogP contribution in [0.15, 0.2) is 0 Å². The van der Waals surface area contributed by atoms with Gasteiger partial charge in [-0.25, -0.2) is 0 Å². The van der Waals surface area contributed by atoms with Gasteiger partial charge in [-0.3, -0.25) is 9.59 Å². The van der Waals surface area contributed by atoms with Crippen molar-refractivity contribution < 1.29 is 497 Å². The summed E-state index contributed by atoms with van der Waals surface area (Å²) in [5, 5.41) is 15.2. The molecule has 0 saturated carbocycles. The molecule has 452 valence electrons. The number of carboxylic acids is 2. The Morgan fingerprint density at radius 3 is 0.238 bits per heavy atom. The van der Waals surface area contributed by atoms with Gasteiger partial charge in [0.15, 0.2) is 0 Å². The van der Waals surface area contributed by atoms with Crippen LogP contribution in [0.4, 0.5) is 0 Å². The normalized spacial score (nSPS) is 1.17. The molecule has 0 aliphatic carbocycles. The molecule has 0 aliphatic rings. The summed E-state index contributed by atoms with van der Waals surface area (Å²) in [6.45, 7) is -0.556. The molecule has 0 unspecified atom stereocenters. The summed E-state index contributed by atoms with van der Waals surface area (Å²) in [4.78, 5) is 18.5. The zero-order valence-electron chi connectivity index (χ0n) is 31.0. The molecule has 0 aromatic carbocycles. The number of carbonyl (C=O) groups is 2. The van der Waals surface area contributed by atoms with Crippen LogP contribution < -0.4 is 11.5 Å². The van der Waals surface area contributed by atoms with Gasteiger partial charge in [0.05, 0.1) is 13.1 Å². The molecule has 0 heterocycles. The Balaban J connectivity index is -0.000000000181. The third-order valence-electron chi connectivity index (χ3n) is 0.349. The van der Waals surface area contributed by atoms with E-state index in [-0.39, 0.29) is 508 Å². The quantitative estimate of drug-likeness (QED) is 0.195. The van der Waals surface area contributed by atoms with Gasteiger partial charge in [0.2, 0.25) is 0 Å².